The molecule has 1 aliphatic heterocycles. The Morgan fingerprint density at radius 2 is 1.93 bits per heavy atom. The van der Waals surface area contributed by atoms with E-state index in [2.05, 4.69) is 23.3 Å². The molecule has 1 aromatic heterocycles. The predicted molar refractivity (Wildman–Crippen MR) is 119 cm³/mol. The van der Waals surface area contributed by atoms with Crippen molar-refractivity contribution in [1.82, 2.24) is 9.88 Å². The molecule has 1 saturated heterocycles. The third kappa shape index (κ3) is 4.45. The minimum atomic E-state index is 0.124. The number of rotatable bonds is 6. The Morgan fingerprint density at radius 1 is 1.13 bits per heavy atom. The molecule has 1 aliphatic rings. The molecule has 2 heterocycles. The monoisotopic (exact) mass is 406 g/mol. The van der Waals surface area contributed by atoms with E-state index >= 15 is 0 Å². The second kappa shape index (κ2) is 8.82. The van der Waals surface area contributed by atoms with E-state index in [-0.39, 0.29) is 12.0 Å². The van der Waals surface area contributed by atoms with E-state index < -0.39 is 0 Å². The smallest absolute Gasteiger partial charge is 0.226 e. The lowest BCUT2D eigenvalue weighted by Gasteiger charge is -2.32. The van der Waals surface area contributed by atoms with Crippen LogP contribution in [0.1, 0.15) is 43.7 Å². The normalized spacial score (nSPS) is 15.0. The molecule has 0 aliphatic carbocycles. The first-order valence-corrected chi connectivity index (χ1v) is 10.7. The number of carbonyl (C=O) groups is 1. The van der Waals surface area contributed by atoms with Crippen LogP contribution in [0.5, 0.6) is 11.5 Å². The molecule has 0 atom stereocenters. The fraction of sp³-hybridized carbons (Fsp3) is 0.400. The molecule has 5 nitrogen and oxygen atoms in total. The summed E-state index contributed by atoms with van der Waals surface area (Å²) in [5.74, 6) is 2.34. The molecule has 4 rings (SSSR count). The van der Waals surface area contributed by atoms with Crippen molar-refractivity contribution in [2.45, 2.75) is 45.1 Å². The standard InChI is InChI=1S/C25H30N2O3/c1-17(2)30-21-6-4-5-18(13-21)14-25(28)27-11-9-19(10-12-27)23-16-26-24-8-7-20(29-3)15-22(23)24/h4-8,13,15-17,19,26H,9-12,14H2,1-3H3. The number of aromatic nitrogens is 1. The Hall–Kier alpha value is -2.95. The largest absolute Gasteiger partial charge is 0.497 e. The third-order valence-electron chi connectivity index (χ3n) is 5.83. The molecule has 5 heteroatoms. The van der Waals surface area contributed by atoms with Gasteiger partial charge in [-0.25, -0.2) is 0 Å². The minimum absolute atomic E-state index is 0.124. The number of hydrogen-bond acceptors (Lipinski definition) is 3. The van der Waals surface area contributed by atoms with Crippen molar-refractivity contribution in [3.05, 3.63) is 59.8 Å². The number of hydrogen-bond donors (Lipinski definition) is 1. The van der Waals surface area contributed by atoms with Crippen molar-refractivity contribution >= 4 is 16.8 Å². The predicted octanol–water partition coefficient (Wildman–Crippen LogP) is 4.91. The fourth-order valence-corrected chi connectivity index (χ4v) is 4.31. The van der Waals surface area contributed by atoms with Crippen molar-refractivity contribution in [3.8, 4) is 11.5 Å². The van der Waals surface area contributed by atoms with Gasteiger partial charge in [0.25, 0.3) is 0 Å². The second-order valence-electron chi connectivity index (χ2n) is 8.30. The Balaban J connectivity index is 1.38. The summed E-state index contributed by atoms with van der Waals surface area (Å²) in [6, 6.07) is 14.0. The molecule has 158 valence electrons. The van der Waals surface area contributed by atoms with Gasteiger partial charge in [-0.3, -0.25) is 4.79 Å². The van der Waals surface area contributed by atoms with Gasteiger partial charge < -0.3 is 19.4 Å². The molecule has 2 aromatic carbocycles. The van der Waals surface area contributed by atoms with Gasteiger partial charge in [-0.1, -0.05) is 12.1 Å². The van der Waals surface area contributed by atoms with Crippen molar-refractivity contribution in [3.63, 3.8) is 0 Å². The summed E-state index contributed by atoms with van der Waals surface area (Å²) in [5.41, 5.74) is 3.46. The van der Waals surface area contributed by atoms with E-state index in [0.29, 0.717) is 12.3 Å². The Kier molecular flexibility index (Phi) is 5.98. The zero-order valence-electron chi connectivity index (χ0n) is 18.0. The fourth-order valence-electron chi connectivity index (χ4n) is 4.31. The SMILES string of the molecule is COc1ccc2[nH]cc(C3CCN(C(=O)Cc4cccc(OC(C)C)c4)CC3)c2c1. The lowest BCUT2D eigenvalue weighted by Crippen LogP contribution is -2.38. The molecule has 30 heavy (non-hydrogen) atoms. The number of aromatic amines is 1. The highest BCUT2D eigenvalue weighted by Crippen LogP contribution is 2.34. The van der Waals surface area contributed by atoms with Crippen molar-refractivity contribution in [1.29, 1.82) is 0 Å². The van der Waals surface area contributed by atoms with E-state index in [9.17, 15) is 4.79 Å². The van der Waals surface area contributed by atoms with Crippen LogP contribution in [0.15, 0.2) is 48.7 Å². The van der Waals surface area contributed by atoms with E-state index in [1.807, 2.05) is 49.1 Å². The number of amides is 1. The Bertz CT molecular complexity index is 1020. The number of ether oxygens (including phenoxy) is 2. The lowest BCUT2D eigenvalue weighted by atomic mass is 9.89. The summed E-state index contributed by atoms with van der Waals surface area (Å²) in [5, 5.41) is 1.22. The van der Waals surface area contributed by atoms with Crippen LogP contribution in [0.2, 0.25) is 0 Å². The number of likely N-dealkylation sites (tertiary alicyclic amines) is 1. The van der Waals surface area contributed by atoms with Crippen LogP contribution in [-0.4, -0.2) is 42.1 Å². The van der Waals surface area contributed by atoms with Crippen molar-refractivity contribution in [2.24, 2.45) is 0 Å². The Morgan fingerprint density at radius 3 is 2.67 bits per heavy atom. The molecule has 3 aromatic rings. The van der Waals surface area contributed by atoms with Gasteiger partial charge in [0.05, 0.1) is 19.6 Å². The van der Waals surface area contributed by atoms with Gasteiger partial charge in [-0.15, -0.1) is 0 Å². The average molecular weight is 407 g/mol. The molecule has 0 unspecified atom stereocenters. The highest BCUT2D eigenvalue weighted by molar-refractivity contribution is 5.85. The van der Waals surface area contributed by atoms with Gasteiger partial charge in [0.1, 0.15) is 11.5 Å². The average Bonchev–Trinajstić information content (AvgIpc) is 3.16. The minimum Gasteiger partial charge on any atom is -0.497 e. The van der Waals surface area contributed by atoms with Crippen LogP contribution >= 0.6 is 0 Å². The highest BCUT2D eigenvalue weighted by Gasteiger charge is 2.25. The number of H-pyrrole nitrogens is 1. The van der Waals surface area contributed by atoms with E-state index in [1.165, 1.54) is 10.9 Å². The summed E-state index contributed by atoms with van der Waals surface area (Å²) < 4.78 is 11.1. The third-order valence-corrected chi connectivity index (χ3v) is 5.83. The molecule has 1 amide bonds. The highest BCUT2D eigenvalue weighted by atomic mass is 16.5. The lowest BCUT2D eigenvalue weighted by molar-refractivity contribution is -0.131. The number of nitrogens with one attached hydrogen (secondary N) is 1. The summed E-state index contributed by atoms with van der Waals surface area (Å²) in [6.45, 7) is 5.60. The van der Waals surface area contributed by atoms with Crippen LogP contribution in [0.3, 0.4) is 0 Å². The van der Waals surface area contributed by atoms with Crippen LogP contribution < -0.4 is 9.47 Å². The molecule has 0 bridgehead atoms. The van der Waals surface area contributed by atoms with Crippen LogP contribution in [0, 0.1) is 0 Å². The molecule has 0 spiro atoms. The first-order valence-electron chi connectivity index (χ1n) is 10.7. The van der Waals surface area contributed by atoms with Crippen LogP contribution in [0.25, 0.3) is 10.9 Å². The summed E-state index contributed by atoms with van der Waals surface area (Å²) in [6.07, 6.45) is 4.62. The van der Waals surface area contributed by atoms with E-state index in [4.69, 9.17) is 9.47 Å². The summed E-state index contributed by atoms with van der Waals surface area (Å²) in [7, 11) is 1.70. The van der Waals surface area contributed by atoms with Crippen molar-refractivity contribution in [2.75, 3.05) is 20.2 Å². The maximum absolute atomic E-state index is 12.9. The molecule has 1 N–H and O–H groups in total. The van der Waals surface area contributed by atoms with Gasteiger partial charge >= 0.3 is 0 Å². The maximum Gasteiger partial charge on any atom is 0.226 e. The first-order chi connectivity index (χ1) is 14.5. The molecule has 1 fully saturated rings. The number of piperidine rings is 1. The zero-order valence-corrected chi connectivity index (χ0v) is 18.0. The first kappa shape index (κ1) is 20.3. The quantitative estimate of drug-likeness (QED) is 0.633. The van der Waals surface area contributed by atoms with Crippen LogP contribution in [0.4, 0.5) is 0 Å². The molecule has 0 saturated carbocycles. The zero-order chi connectivity index (χ0) is 21.1. The molecular weight excluding hydrogens is 376 g/mol. The van der Waals surface area contributed by atoms with Crippen LogP contribution in [-0.2, 0) is 11.2 Å². The number of fused-ring (bicyclic) bond motifs is 1. The number of methoxy groups -OCH3 is 1. The number of nitrogens with zero attached hydrogens (tertiary/aromatic N) is 1. The summed E-state index contributed by atoms with van der Waals surface area (Å²) >= 11 is 0. The van der Waals surface area contributed by atoms with Crippen molar-refractivity contribution < 1.29 is 14.3 Å². The number of benzene rings is 2. The van der Waals surface area contributed by atoms with Gasteiger partial charge in [0.2, 0.25) is 5.91 Å². The van der Waals surface area contributed by atoms with Gasteiger partial charge in [0, 0.05) is 30.2 Å². The molecule has 0 radical (unpaired) electrons. The van der Waals surface area contributed by atoms with Gasteiger partial charge in [0.15, 0.2) is 0 Å². The number of carbonyl (C=O) groups excluding carboxylic acids is 1. The van der Waals surface area contributed by atoms with Gasteiger partial charge in [-0.2, -0.15) is 0 Å². The Labute approximate surface area is 178 Å². The van der Waals surface area contributed by atoms with E-state index in [1.54, 1.807) is 7.11 Å². The maximum atomic E-state index is 12.9. The summed E-state index contributed by atoms with van der Waals surface area (Å²) in [4.78, 5) is 18.2. The molecular formula is C25H30N2O3. The second-order valence-corrected chi connectivity index (χ2v) is 8.30. The van der Waals surface area contributed by atoms with E-state index in [0.717, 1.165) is 48.5 Å². The van der Waals surface area contributed by atoms with Gasteiger partial charge in [-0.05, 0) is 74.1 Å². The topological polar surface area (TPSA) is 54.6 Å².